The maximum absolute atomic E-state index is 11.7. The molecule has 1 aromatic heterocycles. The van der Waals surface area contributed by atoms with Crippen molar-refractivity contribution in [3.05, 3.63) is 72.3 Å². The van der Waals surface area contributed by atoms with Gasteiger partial charge in [-0.2, -0.15) is 0 Å². The smallest absolute Gasteiger partial charge is 0.257 e. The lowest BCUT2D eigenvalue weighted by Gasteiger charge is -2.09. The van der Waals surface area contributed by atoms with E-state index in [0.29, 0.717) is 5.70 Å². The Hall–Kier alpha value is -2.95. The normalized spacial score (nSPS) is 10.4. The summed E-state index contributed by atoms with van der Waals surface area (Å²) in [6.07, 6.45) is 5.06. The van der Waals surface area contributed by atoms with Gasteiger partial charge in [0.25, 0.3) is 5.91 Å². The molecule has 22 heavy (non-hydrogen) atoms. The van der Waals surface area contributed by atoms with Gasteiger partial charge in [0.1, 0.15) is 5.76 Å². The van der Waals surface area contributed by atoms with Crippen LogP contribution in [-0.2, 0) is 4.79 Å². The number of nitrogens with one attached hydrogen (secondary N) is 3. The molecule has 1 heterocycles. The van der Waals surface area contributed by atoms with Gasteiger partial charge in [-0.15, -0.1) is 0 Å². The molecule has 0 atom stereocenters. The molecule has 0 radical (unpaired) electrons. The second kappa shape index (κ2) is 7.73. The lowest BCUT2D eigenvalue weighted by Crippen LogP contribution is -2.39. The maximum atomic E-state index is 11.7. The molecule has 0 spiro atoms. The third-order valence-corrected chi connectivity index (χ3v) is 2.86. The molecule has 0 aliphatic heterocycles. The first-order valence-electron chi connectivity index (χ1n) is 6.89. The van der Waals surface area contributed by atoms with Crippen molar-refractivity contribution < 1.29 is 9.21 Å². The molecular weight excluding hydrogens is 278 g/mol. The fourth-order valence-corrected chi connectivity index (χ4v) is 1.66. The van der Waals surface area contributed by atoms with Crippen molar-refractivity contribution in [3.8, 4) is 0 Å². The third kappa shape index (κ3) is 5.20. The molecule has 0 aliphatic rings. The SMILES string of the molecule is C=C(C=Cc1ccco1)NNC(=O)CNc1ccc(C)cc1. The summed E-state index contributed by atoms with van der Waals surface area (Å²) in [5.41, 5.74) is 7.92. The highest BCUT2D eigenvalue weighted by atomic mass is 16.3. The molecule has 1 amide bonds. The van der Waals surface area contributed by atoms with Crippen LogP contribution in [0.1, 0.15) is 11.3 Å². The highest BCUT2D eigenvalue weighted by Gasteiger charge is 2.00. The Labute approximate surface area is 129 Å². The first-order chi connectivity index (χ1) is 10.6. The van der Waals surface area contributed by atoms with Gasteiger partial charge in [-0.05, 0) is 43.3 Å². The number of hydrazine groups is 1. The highest BCUT2D eigenvalue weighted by Crippen LogP contribution is 2.07. The Morgan fingerprint density at radius 3 is 2.68 bits per heavy atom. The number of aryl methyl sites for hydroxylation is 1. The summed E-state index contributed by atoms with van der Waals surface area (Å²) in [6.45, 7) is 5.97. The molecule has 114 valence electrons. The standard InChI is InChI=1S/C17H19N3O2/c1-13-5-8-15(9-6-13)18-12-17(21)20-19-14(2)7-10-16-4-3-11-22-16/h3-11,18-19H,2,12H2,1H3,(H,20,21). The molecule has 0 unspecified atom stereocenters. The first kappa shape index (κ1) is 15.4. The van der Waals surface area contributed by atoms with Gasteiger partial charge in [-0.3, -0.25) is 15.6 Å². The van der Waals surface area contributed by atoms with Crippen LogP contribution in [0.4, 0.5) is 5.69 Å². The fraction of sp³-hybridized carbons (Fsp3) is 0.118. The van der Waals surface area contributed by atoms with Crippen molar-refractivity contribution in [2.45, 2.75) is 6.92 Å². The average molecular weight is 297 g/mol. The van der Waals surface area contributed by atoms with E-state index in [1.54, 1.807) is 24.5 Å². The number of hydrogen-bond acceptors (Lipinski definition) is 4. The van der Waals surface area contributed by atoms with E-state index in [1.165, 1.54) is 5.56 Å². The molecular formula is C17H19N3O2. The molecule has 0 aliphatic carbocycles. The zero-order valence-electron chi connectivity index (χ0n) is 12.4. The van der Waals surface area contributed by atoms with Crippen LogP contribution in [0.25, 0.3) is 6.08 Å². The van der Waals surface area contributed by atoms with Gasteiger partial charge in [-0.1, -0.05) is 24.3 Å². The van der Waals surface area contributed by atoms with Crippen molar-refractivity contribution in [1.82, 2.24) is 10.9 Å². The number of allylic oxidation sites excluding steroid dienone is 1. The Balaban J connectivity index is 1.68. The number of carbonyl (C=O) groups is 1. The zero-order chi connectivity index (χ0) is 15.8. The predicted octanol–water partition coefficient (Wildman–Crippen LogP) is 2.85. The van der Waals surface area contributed by atoms with E-state index in [2.05, 4.69) is 22.7 Å². The van der Waals surface area contributed by atoms with E-state index < -0.39 is 0 Å². The number of furan rings is 1. The summed E-state index contributed by atoms with van der Waals surface area (Å²) in [5, 5.41) is 3.04. The van der Waals surface area contributed by atoms with Crippen LogP contribution < -0.4 is 16.2 Å². The number of hydrogen-bond donors (Lipinski definition) is 3. The molecule has 2 rings (SSSR count). The Kier molecular flexibility index (Phi) is 5.43. The largest absolute Gasteiger partial charge is 0.465 e. The quantitative estimate of drug-likeness (QED) is 0.543. The molecule has 1 aromatic carbocycles. The lowest BCUT2D eigenvalue weighted by molar-refractivity contribution is -0.120. The Bertz CT molecular complexity index is 643. The second-order valence-corrected chi connectivity index (χ2v) is 4.77. The number of rotatable bonds is 7. The lowest BCUT2D eigenvalue weighted by atomic mass is 10.2. The molecule has 0 saturated carbocycles. The molecule has 3 N–H and O–H groups in total. The summed E-state index contributed by atoms with van der Waals surface area (Å²) in [6, 6.07) is 11.5. The van der Waals surface area contributed by atoms with E-state index in [9.17, 15) is 4.79 Å². The second-order valence-electron chi connectivity index (χ2n) is 4.77. The highest BCUT2D eigenvalue weighted by molar-refractivity contribution is 5.80. The topological polar surface area (TPSA) is 66.3 Å². The summed E-state index contributed by atoms with van der Waals surface area (Å²) in [4.78, 5) is 11.7. The number of benzene rings is 1. The molecule has 5 heteroatoms. The van der Waals surface area contributed by atoms with Crippen molar-refractivity contribution >= 4 is 17.7 Å². The minimum atomic E-state index is -0.187. The van der Waals surface area contributed by atoms with Gasteiger partial charge in [0, 0.05) is 11.4 Å². The van der Waals surface area contributed by atoms with E-state index >= 15 is 0 Å². The Morgan fingerprint density at radius 2 is 2.00 bits per heavy atom. The van der Waals surface area contributed by atoms with Gasteiger partial charge in [-0.25, -0.2) is 0 Å². The third-order valence-electron chi connectivity index (χ3n) is 2.86. The first-order valence-corrected chi connectivity index (χ1v) is 6.89. The van der Waals surface area contributed by atoms with Gasteiger partial charge in [0.15, 0.2) is 0 Å². The van der Waals surface area contributed by atoms with Crippen LogP contribution in [0.3, 0.4) is 0 Å². The van der Waals surface area contributed by atoms with Crippen molar-refractivity contribution in [3.63, 3.8) is 0 Å². The van der Waals surface area contributed by atoms with E-state index in [4.69, 9.17) is 4.42 Å². The molecule has 0 saturated heterocycles. The molecule has 5 nitrogen and oxygen atoms in total. The van der Waals surface area contributed by atoms with Crippen LogP contribution in [0, 0.1) is 6.92 Å². The molecule has 0 fully saturated rings. The van der Waals surface area contributed by atoms with Crippen LogP contribution in [-0.4, -0.2) is 12.5 Å². The average Bonchev–Trinajstić information content (AvgIpc) is 3.04. The zero-order valence-corrected chi connectivity index (χ0v) is 12.4. The molecule has 0 bridgehead atoms. The van der Waals surface area contributed by atoms with Crippen LogP contribution >= 0.6 is 0 Å². The van der Waals surface area contributed by atoms with Crippen molar-refractivity contribution in [1.29, 1.82) is 0 Å². The summed E-state index contributed by atoms with van der Waals surface area (Å²) >= 11 is 0. The monoisotopic (exact) mass is 297 g/mol. The summed E-state index contributed by atoms with van der Waals surface area (Å²) in [5.74, 6) is 0.531. The van der Waals surface area contributed by atoms with E-state index in [1.807, 2.05) is 37.3 Å². The Morgan fingerprint density at radius 1 is 1.23 bits per heavy atom. The number of carbonyl (C=O) groups excluding carboxylic acids is 1. The van der Waals surface area contributed by atoms with Gasteiger partial charge >= 0.3 is 0 Å². The van der Waals surface area contributed by atoms with Gasteiger partial charge in [0.2, 0.25) is 0 Å². The van der Waals surface area contributed by atoms with Gasteiger partial charge < -0.3 is 9.73 Å². The summed E-state index contributed by atoms with van der Waals surface area (Å²) in [7, 11) is 0. The number of anilines is 1. The van der Waals surface area contributed by atoms with Gasteiger partial charge in [0.05, 0.1) is 12.8 Å². The van der Waals surface area contributed by atoms with E-state index in [0.717, 1.165) is 11.4 Å². The minimum Gasteiger partial charge on any atom is -0.465 e. The molecule has 2 aromatic rings. The maximum Gasteiger partial charge on any atom is 0.257 e. The van der Waals surface area contributed by atoms with Crippen LogP contribution in [0.5, 0.6) is 0 Å². The van der Waals surface area contributed by atoms with Crippen LogP contribution in [0.15, 0.2) is 65.4 Å². The summed E-state index contributed by atoms with van der Waals surface area (Å²) < 4.78 is 5.15. The van der Waals surface area contributed by atoms with Crippen molar-refractivity contribution in [2.24, 2.45) is 0 Å². The fourth-order valence-electron chi connectivity index (χ4n) is 1.66. The predicted molar refractivity (Wildman–Crippen MR) is 87.8 cm³/mol. The number of amides is 1. The minimum absolute atomic E-state index is 0.172. The van der Waals surface area contributed by atoms with Crippen LogP contribution in [0.2, 0.25) is 0 Å². The van der Waals surface area contributed by atoms with Crippen molar-refractivity contribution in [2.75, 3.05) is 11.9 Å². The van der Waals surface area contributed by atoms with E-state index in [-0.39, 0.29) is 12.5 Å².